The Hall–Kier alpha value is -0.0800. The lowest BCUT2D eigenvalue weighted by Gasteiger charge is -2.31. The van der Waals surface area contributed by atoms with E-state index in [2.05, 4.69) is 19.2 Å². The number of hydrogen-bond donors (Lipinski definition) is 2. The van der Waals surface area contributed by atoms with Crippen molar-refractivity contribution >= 4 is 0 Å². The summed E-state index contributed by atoms with van der Waals surface area (Å²) in [7, 11) is 0. The SMILES string of the molecule is CCCCC(CCC)NC1CCC(N)CC1. The van der Waals surface area contributed by atoms with Gasteiger partial charge in [-0.1, -0.05) is 33.1 Å². The van der Waals surface area contributed by atoms with Crippen LogP contribution in [0.25, 0.3) is 0 Å². The molecular weight excluding hydrogens is 196 g/mol. The van der Waals surface area contributed by atoms with Crippen LogP contribution in [0.15, 0.2) is 0 Å². The van der Waals surface area contributed by atoms with Crippen LogP contribution in [0.1, 0.15) is 71.6 Å². The molecule has 0 radical (unpaired) electrons. The minimum Gasteiger partial charge on any atom is -0.328 e. The van der Waals surface area contributed by atoms with Crippen LogP contribution in [0.5, 0.6) is 0 Å². The van der Waals surface area contributed by atoms with E-state index in [1.807, 2.05) is 0 Å². The maximum absolute atomic E-state index is 5.94. The third-order valence-corrected chi connectivity index (χ3v) is 3.79. The smallest absolute Gasteiger partial charge is 0.00708 e. The van der Waals surface area contributed by atoms with Gasteiger partial charge in [0.1, 0.15) is 0 Å². The molecule has 0 aliphatic heterocycles. The molecule has 2 nitrogen and oxygen atoms in total. The average molecular weight is 226 g/mol. The van der Waals surface area contributed by atoms with Gasteiger partial charge < -0.3 is 11.1 Å². The van der Waals surface area contributed by atoms with Crippen molar-refractivity contribution in [3.8, 4) is 0 Å². The fraction of sp³-hybridized carbons (Fsp3) is 1.00. The van der Waals surface area contributed by atoms with Gasteiger partial charge in [0.05, 0.1) is 0 Å². The van der Waals surface area contributed by atoms with Crippen LogP contribution in [-0.4, -0.2) is 18.1 Å². The molecule has 2 heteroatoms. The van der Waals surface area contributed by atoms with Gasteiger partial charge in [-0.3, -0.25) is 0 Å². The Morgan fingerprint density at radius 2 is 1.75 bits per heavy atom. The van der Waals surface area contributed by atoms with Crippen LogP contribution < -0.4 is 11.1 Å². The van der Waals surface area contributed by atoms with Crippen LogP contribution in [0.4, 0.5) is 0 Å². The summed E-state index contributed by atoms with van der Waals surface area (Å²) in [6.07, 6.45) is 11.7. The monoisotopic (exact) mass is 226 g/mol. The van der Waals surface area contributed by atoms with E-state index in [9.17, 15) is 0 Å². The minimum absolute atomic E-state index is 0.471. The Labute approximate surface area is 101 Å². The minimum atomic E-state index is 0.471. The predicted octanol–water partition coefficient (Wildman–Crippen LogP) is 3.20. The van der Waals surface area contributed by atoms with E-state index in [0.29, 0.717) is 6.04 Å². The highest BCUT2D eigenvalue weighted by Gasteiger charge is 2.20. The van der Waals surface area contributed by atoms with Gasteiger partial charge in [0.2, 0.25) is 0 Å². The Kier molecular flexibility index (Phi) is 7.06. The van der Waals surface area contributed by atoms with Crippen LogP contribution in [0.3, 0.4) is 0 Å². The van der Waals surface area contributed by atoms with Crippen molar-refractivity contribution in [2.75, 3.05) is 0 Å². The number of nitrogens with two attached hydrogens (primary N) is 1. The predicted molar refractivity (Wildman–Crippen MR) is 71.6 cm³/mol. The molecule has 0 spiro atoms. The molecule has 1 rings (SSSR count). The maximum atomic E-state index is 5.94. The molecule has 96 valence electrons. The van der Waals surface area contributed by atoms with E-state index >= 15 is 0 Å². The highest BCUT2D eigenvalue weighted by atomic mass is 15.0. The van der Waals surface area contributed by atoms with E-state index in [0.717, 1.165) is 12.1 Å². The first kappa shape index (κ1) is 14.0. The topological polar surface area (TPSA) is 38.0 Å². The molecule has 0 aromatic heterocycles. The van der Waals surface area contributed by atoms with Crippen LogP contribution in [0, 0.1) is 0 Å². The molecule has 0 aromatic carbocycles. The lowest BCUT2D eigenvalue weighted by Crippen LogP contribution is -2.42. The summed E-state index contributed by atoms with van der Waals surface area (Å²) in [5, 5.41) is 3.86. The quantitative estimate of drug-likeness (QED) is 0.699. The maximum Gasteiger partial charge on any atom is 0.00708 e. The molecule has 1 unspecified atom stereocenters. The second-order valence-corrected chi connectivity index (χ2v) is 5.41. The molecule has 0 heterocycles. The van der Waals surface area contributed by atoms with Crippen molar-refractivity contribution < 1.29 is 0 Å². The zero-order valence-corrected chi connectivity index (χ0v) is 11.2. The van der Waals surface area contributed by atoms with E-state index in [1.165, 1.54) is 57.8 Å². The Balaban J connectivity index is 2.24. The van der Waals surface area contributed by atoms with Crippen molar-refractivity contribution in [2.45, 2.75) is 89.8 Å². The first-order chi connectivity index (χ1) is 7.76. The van der Waals surface area contributed by atoms with Crippen LogP contribution in [0.2, 0.25) is 0 Å². The second-order valence-electron chi connectivity index (χ2n) is 5.41. The van der Waals surface area contributed by atoms with Crippen molar-refractivity contribution in [3.63, 3.8) is 0 Å². The van der Waals surface area contributed by atoms with Crippen molar-refractivity contribution in [1.29, 1.82) is 0 Å². The molecule has 1 saturated carbocycles. The normalized spacial score (nSPS) is 27.9. The van der Waals surface area contributed by atoms with Gasteiger partial charge >= 0.3 is 0 Å². The number of rotatable bonds is 7. The molecule has 1 aliphatic carbocycles. The summed E-state index contributed by atoms with van der Waals surface area (Å²) in [6, 6.07) is 1.97. The largest absolute Gasteiger partial charge is 0.328 e. The van der Waals surface area contributed by atoms with E-state index in [-0.39, 0.29) is 0 Å². The summed E-state index contributed by atoms with van der Waals surface area (Å²) in [5.41, 5.74) is 5.94. The highest BCUT2D eigenvalue weighted by molar-refractivity contribution is 4.81. The summed E-state index contributed by atoms with van der Waals surface area (Å²) in [5.74, 6) is 0. The van der Waals surface area contributed by atoms with Crippen LogP contribution >= 0.6 is 0 Å². The van der Waals surface area contributed by atoms with Gasteiger partial charge in [0, 0.05) is 18.1 Å². The van der Waals surface area contributed by atoms with Gasteiger partial charge in [-0.05, 0) is 38.5 Å². The summed E-state index contributed by atoms with van der Waals surface area (Å²) in [6.45, 7) is 4.57. The Morgan fingerprint density at radius 3 is 2.31 bits per heavy atom. The number of hydrogen-bond acceptors (Lipinski definition) is 2. The summed E-state index contributed by atoms with van der Waals surface area (Å²) < 4.78 is 0. The average Bonchev–Trinajstić information content (AvgIpc) is 2.29. The first-order valence-electron chi connectivity index (χ1n) is 7.27. The fourth-order valence-electron chi connectivity index (χ4n) is 2.73. The van der Waals surface area contributed by atoms with Gasteiger partial charge in [0.25, 0.3) is 0 Å². The molecule has 0 bridgehead atoms. The van der Waals surface area contributed by atoms with Crippen molar-refractivity contribution in [3.05, 3.63) is 0 Å². The van der Waals surface area contributed by atoms with Gasteiger partial charge in [-0.2, -0.15) is 0 Å². The highest BCUT2D eigenvalue weighted by Crippen LogP contribution is 2.19. The molecule has 0 saturated heterocycles. The number of unbranched alkanes of at least 4 members (excludes halogenated alkanes) is 1. The Morgan fingerprint density at radius 1 is 1.06 bits per heavy atom. The van der Waals surface area contributed by atoms with Crippen molar-refractivity contribution in [1.82, 2.24) is 5.32 Å². The van der Waals surface area contributed by atoms with E-state index < -0.39 is 0 Å². The van der Waals surface area contributed by atoms with Crippen LogP contribution in [-0.2, 0) is 0 Å². The van der Waals surface area contributed by atoms with Gasteiger partial charge in [-0.25, -0.2) is 0 Å². The molecule has 1 aliphatic rings. The molecule has 0 amide bonds. The third-order valence-electron chi connectivity index (χ3n) is 3.79. The van der Waals surface area contributed by atoms with E-state index in [4.69, 9.17) is 5.73 Å². The lowest BCUT2D eigenvalue weighted by molar-refractivity contribution is 0.296. The zero-order chi connectivity index (χ0) is 11.8. The van der Waals surface area contributed by atoms with E-state index in [1.54, 1.807) is 0 Å². The molecule has 3 N–H and O–H groups in total. The number of nitrogens with one attached hydrogen (secondary N) is 1. The molecule has 0 aromatic rings. The third kappa shape index (κ3) is 5.31. The van der Waals surface area contributed by atoms with Crippen molar-refractivity contribution in [2.24, 2.45) is 5.73 Å². The molecule has 1 fully saturated rings. The summed E-state index contributed by atoms with van der Waals surface area (Å²) in [4.78, 5) is 0. The van der Waals surface area contributed by atoms with Gasteiger partial charge in [-0.15, -0.1) is 0 Å². The molecular formula is C14H30N2. The Bertz CT molecular complexity index is 162. The zero-order valence-electron chi connectivity index (χ0n) is 11.2. The first-order valence-corrected chi connectivity index (χ1v) is 7.27. The fourth-order valence-corrected chi connectivity index (χ4v) is 2.73. The lowest BCUT2D eigenvalue weighted by atomic mass is 9.90. The second kappa shape index (κ2) is 8.08. The summed E-state index contributed by atoms with van der Waals surface area (Å²) >= 11 is 0. The standard InChI is InChI=1S/C14H30N2/c1-3-5-7-13(6-4-2)16-14-10-8-12(15)9-11-14/h12-14,16H,3-11,15H2,1-2H3. The molecule has 1 atom stereocenters. The van der Waals surface area contributed by atoms with Gasteiger partial charge in [0.15, 0.2) is 0 Å². The molecule has 16 heavy (non-hydrogen) atoms.